The van der Waals surface area contributed by atoms with Crippen LogP contribution in [-0.4, -0.2) is 42.9 Å². The number of carbonyl (C=O) groups excluding carboxylic acids is 2. The van der Waals surface area contributed by atoms with Crippen LogP contribution in [0.1, 0.15) is 24.2 Å². The number of hydrogen-bond donors (Lipinski definition) is 1. The van der Waals surface area contributed by atoms with Crippen LogP contribution in [0.3, 0.4) is 0 Å². The van der Waals surface area contributed by atoms with Gasteiger partial charge in [0.05, 0.1) is 35.4 Å². The van der Waals surface area contributed by atoms with Crippen LogP contribution in [0.2, 0.25) is 0 Å². The lowest BCUT2D eigenvalue weighted by atomic mass is 9.99. The molecule has 1 amide bonds. The van der Waals surface area contributed by atoms with Crippen molar-refractivity contribution in [3.63, 3.8) is 0 Å². The summed E-state index contributed by atoms with van der Waals surface area (Å²) in [6.07, 6.45) is 4.36. The standard InChI is InChI=1S/C25H24F2N4O4S/c1-15-13-29-17(14-28-15)12-18(32)11-16-9-10-31(25(16)33)22-8-7-20(23(26)24(22)27)19-5-3-4-6-21(19)30-36(2,34)35/h3-8,13-14,16,30H,9-12H2,1-2H3/t16-/m0/s1. The number of sulfonamides is 1. The minimum Gasteiger partial charge on any atom is -0.309 e. The summed E-state index contributed by atoms with van der Waals surface area (Å²) in [5.74, 6) is -3.72. The maximum Gasteiger partial charge on any atom is 0.230 e. The lowest BCUT2D eigenvalue weighted by Gasteiger charge is -2.19. The lowest BCUT2D eigenvalue weighted by molar-refractivity contribution is -0.125. The number of anilines is 2. The zero-order valence-electron chi connectivity index (χ0n) is 19.7. The number of aryl methyl sites for hydroxylation is 1. The van der Waals surface area contributed by atoms with Crippen molar-refractivity contribution in [1.29, 1.82) is 0 Å². The number of halogens is 2. The lowest BCUT2D eigenvalue weighted by Crippen LogP contribution is -2.29. The van der Waals surface area contributed by atoms with Crippen molar-refractivity contribution >= 4 is 33.1 Å². The number of carbonyl (C=O) groups is 2. The SMILES string of the molecule is Cc1cnc(CC(=O)C[C@@H]2CCN(c3ccc(-c4ccccc4NS(C)(=O)=O)c(F)c3F)C2=O)cn1. The van der Waals surface area contributed by atoms with Gasteiger partial charge in [0.25, 0.3) is 0 Å². The summed E-state index contributed by atoms with van der Waals surface area (Å²) in [5, 5.41) is 0. The van der Waals surface area contributed by atoms with Crippen LogP contribution in [0, 0.1) is 24.5 Å². The van der Waals surface area contributed by atoms with Gasteiger partial charge in [0.1, 0.15) is 5.78 Å². The monoisotopic (exact) mass is 514 g/mol. The molecule has 0 unspecified atom stereocenters. The van der Waals surface area contributed by atoms with E-state index >= 15 is 8.78 Å². The molecule has 1 saturated heterocycles. The van der Waals surface area contributed by atoms with Crippen LogP contribution < -0.4 is 9.62 Å². The van der Waals surface area contributed by atoms with Gasteiger partial charge in [-0.15, -0.1) is 0 Å². The molecular formula is C25H24F2N4O4S. The van der Waals surface area contributed by atoms with E-state index in [9.17, 15) is 18.0 Å². The smallest absolute Gasteiger partial charge is 0.230 e. The summed E-state index contributed by atoms with van der Waals surface area (Å²) in [6, 6.07) is 8.63. The molecule has 2 heterocycles. The van der Waals surface area contributed by atoms with E-state index in [4.69, 9.17) is 0 Å². The molecule has 11 heteroatoms. The van der Waals surface area contributed by atoms with Gasteiger partial charge in [-0.2, -0.15) is 0 Å². The van der Waals surface area contributed by atoms with Gasteiger partial charge in [0.15, 0.2) is 11.6 Å². The third-order valence-electron chi connectivity index (χ3n) is 5.87. The number of para-hydroxylation sites is 1. The van der Waals surface area contributed by atoms with Crippen molar-refractivity contribution in [2.24, 2.45) is 5.92 Å². The molecule has 2 aromatic carbocycles. The van der Waals surface area contributed by atoms with Gasteiger partial charge < -0.3 is 4.90 Å². The van der Waals surface area contributed by atoms with Crippen LogP contribution in [0.15, 0.2) is 48.8 Å². The summed E-state index contributed by atoms with van der Waals surface area (Å²) in [6.45, 7) is 1.92. The fourth-order valence-corrected chi connectivity index (χ4v) is 4.77. The van der Waals surface area contributed by atoms with Gasteiger partial charge in [0, 0.05) is 42.4 Å². The number of nitrogens with one attached hydrogen (secondary N) is 1. The highest BCUT2D eigenvalue weighted by Gasteiger charge is 2.36. The summed E-state index contributed by atoms with van der Waals surface area (Å²) < 4.78 is 56.0. The van der Waals surface area contributed by atoms with Gasteiger partial charge in [-0.1, -0.05) is 18.2 Å². The van der Waals surface area contributed by atoms with Gasteiger partial charge in [-0.05, 0) is 31.5 Å². The van der Waals surface area contributed by atoms with E-state index in [-0.39, 0.29) is 47.7 Å². The molecule has 188 valence electrons. The normalized spacial score (nSPS) is 15.8. The summed E-state index contributed by atoms with van der Waals surface area (Å²) in [5.41, 5.74) is 1.10. The first kappa shape index (κ1) is 25.4. The molecule has 1 N–H and O–H groups in total. The number of ketones is 1. The molecule has 1 aromatic heterocycles. The highest BCUT2D eigenvalue weighted by Crippen LogP contribution is 2.37. The molecule has 0 spiro atoms. The van der Waals surface area contributed by atoms with E-state index in [0.29, 0.717) is 12.1 Å². The van der Waals surface area contributed by atoms with Crippen LogP contribution >= 0.6 is 0 Å². The third-order valence-corrected chi connectivity index (χ3v) is 6.46. The fourth-order valence-electron chi connectivity index (χ4n) is 4.19. The Bertz CT molecular complexity index is 1430. The average molecular weight is 515 g/mol. The van der Waals surface area contributed by atoms with Crippen LogP contribution in [0.5, 0.6) is 0 Å². The van der Waals surface area contributed by atoms with Crippen molar-refractivity contribution < 1.29 is 26.8 Å². The summed E-state index contributed by atoms with van der Waals surface area (Å²) >= 11 is 0. The second-order valence-corrected chi connectivity index (χ2v) is 10.5. The first-order valence-electron chi connectivity index (χ1n) is 11.2. The maximum absolute atomic E-state index is 15.2. The third kappa shape index (κ3) is 5.56. The Balaban J connectivity index is 1.52. The topological polar surface area (TPSA) is 109 Å². The molecule has 1 fully saturated rings. The van der Waals surface area contributed by atoms with Crippen molar-refractivity contribution in [3.8, 4) is 11.1 Å². The zero-order valence-corrected chi connectivity index (χ0v) is 20.5. The quantitative estimate of drug-likeness (QED) is 0.492. The van der Waals surface area contributed by atoms with Crippen LogP contribution in [0.4, 0.5) is 20.2 Å². The second kappa shape index (κ2) is 10.1. The molecule has 4 rings (SSSR count). The number of amides is 1. The first-order chi connectivity index (χ1) is 17.0. The molecule has 1 aliphatic rings. The van der Waals surface area contributed by atoms with Gasteiger partial charge in [-0.25, -0.2) is 17.2 Å². The van der Waals surface area contributed by atoms with E-state index in [1.807, 2.05) is 0 Å². The Morgan fingerprint density at radius 1 is 1.08 bits per heavy atom. The molecule has 0 bridgehead atoms. The van der Waals surface area contributed by atoms with E-state index in [0.717, 1.165) is 16.8 Å². The fraction of sp³-hybridized carbons (Fsp3) is 0.280. The molecule has 0 saturated carbocycles. The van der Waals surface area contributed by atoms with Crippen LogP contribution in [-0.2, 0) is 26.0 Å². The number of aromatic nitrogens is 2. The minimum absolute atomic E-state index is 0.0301. The zero-order chi connectivity index (χ0) is 26.0. The van der Waals surface area contributed by atoms with Crippen molar-refractivity contribution in [1.82, 2.24) is 9.97 Å². The number of rotatable bonds is 8. The largest absolute Gasteiger partial charge is 0.309 e. The highest BCUT2D eigenvalue weighted by atomic mass is 32.2. The van der Waals surface area contributed by atoms with Crippen molar-refractivity contribution in [2.75, 3.05) is 22.4 Å². The Morgan fingerprint density at radius 3 is 2.53 bits per heavy atom. The molecule has 0 aliphatic carbocycles. The van der Waals surface area contributed by atoms with Crippen molar-refractivity contribution in [2.45, 2.75) is 26.2 Å². The Hall–Kier alpha value is -3.73. The molecular weight excluding hydrogens is 490 g/mol. The maximum atomic E-state index is 15.2. The van der Waals surface area contributed by atoms with Crippen LogP contribution in [0.25, 0.3) is 11.1 Å². The Morgan fingerprint density at radius 2 is 1.83 bits per heavy atom. The van der Waals surface area contributed by atoms with Crippen molar-refractivity contribution in [3.05, 3.63) is 71.8 Å². The van der Waals surface area contributed by atoms with E-state index in [1.54, 1.807) is 25.3 Å². The molecule has 3 aromatic rings. The first-order valence-corrected chi connectivity index (χ1v) is 13.1. The average Bonchev–Trinajstić information content (AvgIpc) is 3.16. The molecule has 1 atom stereocenters. The second-order valence-electron chi connectivity index (χ2n) is 8.72. The highest BCUT2D eigenvalue weighted by molar-refractivity contribution is 7.92. The predicted octanol–water partition coefficient (Wildman–Crippen LogP) is 3.66. The number of hydrogen-bond acceptors (Lipinski definition) is 6. The van der Waals surface area contributed by atoms with E-state index in [2.05, 4.69) is 14.7 Å². The molecule has 36 heavy (non-hydrogen) atoms. The van der Waals surface area contributed by atoms with E-state index in [1.165, 1.54) is 30.5 Å². The van der Waals surface area contributed by atoms with Gasteiger partial charge in [-0.3, -0.25) is 24.3 Å². The number of benzene rings is 2. The Kier molecular flexibility index (Phi) is 7.11. The molecule has 1 aliphatic heterocycles. The molecule has 8 nitrogen and oxygen atoms in total. The van der Waals surface area contributed by atoms with E-state index < -0.39 is 33.5 Å². The molecule has 0 radical (unpaired) electrons. The predicted molar refractivity (Wildman–Crippen MR) is 131 cm³/mol. The number of Topliss-reactive ketones (excluding diaryl/α,β-unsaturated/α-hetero) is 1. The Labute approximate surface area is 207 Å². The minimum atomic E-state index is -3.65. The summed E-state index contributed by atoms with van der Waals surface area (Å²) in [4.78, 5) is 34.8. The van der Waals surface area contributed by atoms with Gasteiger partial charge >= 0.3 is 0 Å². The van der Waals surface area contributed by atoms with Gasteiger partial charge in [0.2, 0.25) is 15.9 Å². The number of nitrogens with zero attached hydrogens (tertiary/aromatic N) is 3. The summed E-state index contributed by atoms with van der Waals surface area (Å²) in [7, 11) is -3.65.